The Kier molecular flexibility index (Phi) is 5.80. The summed E-state index contributed by atoms with van der Waals surface area (Å²) in [7, 11) is 0. The molecule has 1 saturated carbocycles. The van der Waals surface area contributed by atoms with E-state index in [1.54, 1.807) is 0 Å². The fraction of sp³-hybridized carbons (Fsp3) is 0.812. The molecule has 0 unspecified atom stereocenters. The van der Waals surface area contributed by atoms with Crippen molar-refractivity contribution < 1.29 is 4.79 Å². The van der Waals surface area contributed by atoms with Gasteiger partial charge in [-0.05, 0) is 38.5 Å². The molecule has 0 atom stereocenters. The lowest BCUT2D eigenvalue weighted by atomic mass is 10.1. The number of unbranched alkanes of at least 4 members (excludes halogenated alkanes) is 1. The average Bonchev–Trinajstić information content (AvgIpc) is 3.33. The van der Waals surface area contributed by atoms with Gasteiger partial charge in [-0.15, -0.1) is 10.2 Å². The number of amides is 1. The standard InChI is InChI=1S/C16H27N5OS/c1-2-3-9-17-14(22)12-23-16-19-18-15(21(16)13-7-8-13)20-10-5-4-6-11-20/h13H,2-12H2,1H3,(H,17,22). The number of carbonyl (C=O) groups excluding carboxylic acids is 1. The Labute approximate surface area is 142 Å². The number of aromatic nitrogens is 3. The van der Waals surface area contributed by atoms with Crippen molar-refractivity contribution in [1.82, 2.24) is 20.1 Å². The van der Waals surface area contributed by atoms with Gasteiger partial charge in [-0.3, -0.25) is 9.36 Å². The van der Waals surface area contributed by atoms with Gasteiger partial charge in [0.05, 0.1) is 5.75 Å². The minimum atomic E-state index is 0.0910. The molecule has 3 rings (SSSR count). The molecule has 1 N–H and O–H groups in total. The number of rotatable bonds is 8. The maximum Gasteiger partial charge on any atom is 0.230 e. The molecule has 2 aliphatic rings. The van der Waals surface area contributed by atoms with E-state index in [1.807, 2.05) is 0 Å². The molecule has 2 heterocycles. The highest BCUT2D eigenvalue weighted by atomic mass is 32.2. The molecule has 0 bridgehead atoms. The Bertz CT molecular complexity index is 523. The van der Waals surface area contributed by atoms with E-state index in [0.717, 1.165) is 43.6 Å². The van der Waals surface area contributed by atoms with Crippen molar-refractivity contribution in [2.75, 3.05) is 30.3 Å². The molecular formula is C16H27N5OS. The van der Waals surface area contributed by atoms with Crippen LogP contribution in [0.1, 0.15) is 57.9 Å². The van der Waals surface area contributed by atoms with E-state index in [2.05, 4.69) is 31.9 Å². The molecule has 1 saturated heterocycles. The van der Waals surface area contributed by atoms with E-state index in [4.69, 9.17) is 0 Å². The third-order valence-electron chi connectivity index (χ3n) is 4.38. The summed E-state index contributed by atoms with van der Waals surface area (Å²) in [6, 6.07) is 0.535. The highest BCUT2D eigenvalue weighted by Gasteiger charge is 2.32. The van der Waals surface area contributed by atoms with Crippen LogP contribution in [0.5, 0.6) is 0 Å². The third-order valence-corrected chi connectivity index (χ3v) is 5.33. The summed E-state index contributed by atoms with van der Waals surface area (Å²) < 4.78 is 2.27. The van der Waals surface area contributed by atoms with E-state index >= 15 is 0 Å². The number of nitrogens with one attached hydrogen (secondary N) is 1. The molecule has 1 aliphatic heterocycles. The van der Waals surface area contributed by atoms with E-state index < -0.39 is 0 Å². The maximum absolute atomic E-state index is 11.9. The number of carbonyl (C=O) groups is 1. The second-order valence-electron chi connectivity index (χ2n) is 6.42. The van der Waals surface area contributed by atoms with Crippen LogP contribution in [0.4, 0.5) is 5.95 Å². The number of piperidine rings is 1. The number of hydrogen-bond donors (Lipinski definition) is 1. The van der Waals surface area contributed by atoms with Crippen LogP contribution in [0.15, 0.2) is 5.16 Å². The molecule has 1 aliphatic carbocycles. The first-order valence-corrected chi connectivity index (χ1v) is 9.87. The summed E-state index contributed by atoms with van der Waals surface area (Å²) in [6.45, 7) is 5.05. The molecule has 0 aromatic carbocycles. The second kappa shape index (κ2) is 8.04. The van der Waals surface area contributed by atoms with Gasteiger partial charge in [0.15, 0.2) is 5.16 Å². The molecule has 1 aromatic heterocycles. The van der Waals surface area contributed by atoms with Gasteiger partial charge in [-0.2, -0.15) is 0 Å². The summed E-state index contributed by atoms with van der Waals surface area (Å²) in [5.74, 6) is 1.53. The predicted molar refractivity (Wildman–Crippen MR) is 93.0 cm³/mol. The fourth-order valence-corrected chi connectivity index (χ4v) is 3.75. The lowest BCUT2D eigenvalue weighted by Crippen LogP contribution is -2.32. The van der Waals surface area contributed by atoms with Crippen molar-refractivity contribution in [2.24, 2.45) is 0 Å². The SMILES string of the molecule is CCCCNC(=O)CSc1nnc(N2CCCCC2)n1C1CC1. The second-order valence-corrected chi connectivity index (χ2v) is 7.37. The fourth-order valence-electron chi connectivity index (χ4n) is 2.92. The van der Waals surface area contributed by atoms with Crippen LogP contribution in [0.3, 0.4) is 0 Å². The van der Waals surface area contributed by atoms with Crippen LogP contribution in [0, 0.1) is 0 Å². The zero-order valence-electron chi connectivity index (χ0n) is 14.0. The number of thioether (sulfide) groups is 1. The van der Waals surface area contributed by atoms with Crippen LogP contribution in [0.2, 0.25) is 0 Å². The van der Waals surface area contributed by atoms with E-state index in [0.29, 0.717) is 11.8 Å². The molecular weight excluding hydrogens is 310 g/mol. The molecule has 6 nitrogen and oxygen atoms in total. The van der Waals surface area contributed by atoms with Crippen molar-refractivity contribution in [2.45, 2.75) is 63.1 Å². The Morgan fingerprint density at radius 3 is 2.74 bits per heavy atom. The van der Waals surface area contributed by atoms with Gasteiger partial charge in [0.1, 0.15) is 0 Å². The maximum atomic E-state index is 11.9. The minimum Gasteiger partial charge on any atom is -0.355 e. The lowest BCUT2D eigenvalue weighted by Gasteiger charge is -2.27. The Morgan fingerprint density at radius 2 is 2.04 bits per heavy atom. The van der Waals surface area contributed by atoms with Crippen molar-refractivity contribution in [3.63, 3.8) is 0 Å². The third kappa shape index (κ3) is 4.40. The lowest BCUT2D eigenvalue weighted by molar-refractivity contribution is -0.118. The van der Waals surface area contributed by atoms with Crippen molar-refractivity contribution in [1.29, 1.82) is 0 Å². The summed E-state index contributed by atoms with van der Waals surface area (Å²) in [6.07, 6.45) is 8.33. The molecule has 0 spiro atoms. The summed E-state index contributed by atoms with van der Waals surface area (Å²) >= 11 is 1.52. The Balaban J connectivity index is 1.60. The van der Waals surface area contributed by atoms with Gasteiger partial charge in [0.25, 0.3) is 0 Å². The van der Waals surface area contributed by atoms with Crippen LogP contribution >= 0.6 is 11.8 Å². The topological polar surface area (TPSA) is 63.1 Å². The molecule has 128 valence electrons. The molecule has 0 radical (unpaired) electrons. The Hall–Kier alpha value is -1.24. The van der Waals surface area contributed by atoms with Gasteiger partial charge in [-0.25, -0.2) is 0 Å². The number of anilines is 1. The summed E-state index contributed by atoms with van der Waals surface area (Å²) in [4.78, 5) is 14.3. The predicted octanol–water partition coefficient (Wildman–Crippen LogP) is 2.61. The zero-order valence-corrected chi connectivity index (χ0v) is 14.8. The number of hydrogen-bond acceptors (Lipinski definition) is 5. The first-order chi connectivity index (χ1) is 11.3. The molecule has 7 heteroatoms. The highest BCUT2D eigenvalue weighted by molar-refractivity contribution is 7.99. The number of nitrogens with zero attached hydrogens (tertiary/aromatic N) is 4. The van der Waals surface area contributed by atoms with Gasteiger partial charge >= 0.3 is 0 Å². The van der Waals surface area contributed by atoms with Gasteiger partial charge in [0, 0.05) is 25.7 Å². The summed E-state index contributed by atoms with van der Waals surface area (Å²) in [5, 5.41) is 12.7. The first kappa shape index (κ1) is 16.6. The van der Waals surface area contributed by atoms with Crippen LogP contribution in [0.25, 0.3) is 0 Å². The van der Waals surface area contributed by atoms with E-state index in [-0.39, 0.29) is 5.91 Å². The molecule has 1 amide bonds. The van der Waals surface area contributed by atoms with E-state index in [1.165, 1.54) is 43.9 Å². The van der Waals surface area contributed by atoms with Gasteiger partial charge < -0.3 is 10.2 Å². The van der Waals surface area contributed by atoms with Crippen molar-refractivity contribution in [3.05, 3.63) is 0 Å². The quantitative estimate of drug-likeness (QED) is 0.583. The highest BCUT2D eigenvalue weighted by Crippen LogP contribution is 2.41. The van der Waals surface area contributed by atoms with Gasteiger partial charge in [0.2, 0.25) is 11.9 Å². The summed E-state index contributed by atoms with van der Waals surface area (Å²) in [5.41, 5.74) is 0. The van der Waals surface area contributed by atoms with Crippen LogP contribution < -0.4 is 10.2 Å². The molecule has 23 heavy (non-hydrogen) atoms. The van der Waals surface area contributed by atoms with Crippen molar-refractivity contribution >= 4 is 23.6 Å². The minimum absolute atomic E-state index is 0.0910. The van der Waals surface area contributed by atoms with Crippen LogP contribution in [-0.4, -0.2) is 46.1 Å². The van der Waals surface area contributed by atoms with Crippen molar-refractivity contribution in [3.8, 4) is 0 Å². The van der Waals surface area contributed by atoms with Gasteiger partial charge in [-0.1, -0.05) is 25.1 Å². The Morgan fingerprint density at radius 1 is 1.26 bits per heavy atom. The van der Waals surface area contributed by atoms with Crippen LogP contribution in [-0.2, 0) is 4.79 Å². The molecule has 2 fully saturated rings. The van der Waals surface area contributed by atoms with E-state index in [9.17, 15) is 4.79 Å². The molecule has 1 aromatic rings. The monoisotopic (exact) mass is 337 g/mol. The smallest absolute Gasteiger partial charge is 0.230 e. The largest absolute Gasteiger partial charge is 0.355 e. The zero-order chi connectivity index (χ0) is 16.1. The first-order valence-electron chi connectivity index (χ1n) is 8.89. The normalized spacial score (nSPS) is 18.2. The average molecular weight is 337 g/mol.